The van der Waals surface area contributed by atoms with Gasteiger partial charge in [-0.1, -0.05) is 12.8 Å². The Labute approximate surface area is 153 Å². The van der Waals surface area contributed by atoms with Gasteiger partial charge in [0.25, 0.3) is 0 Å². The first-order chi connectivity index (χ1) is 12.4. The highest BCUT2D eigenvalue weighted by atomic mass is 19.1. The first-order valence-electron chi connectivity index (χ1n) is 9.11. The normalized spacial score (nSPS) is 16.4. The monoisotopic (exact) mass is 362 g/mol. The fourth-order valence-corrected chi connectivity index (χ4v) is 3.50. The van der Waals surface area contributed by atoms with E-state index in [2.05, 4.69) is 9.88 Å². The summed E-state index contributed by atoms with van der Waals surface area (Å²) in [6.07, 6.45) is 4.77. The van der Waals surface area contributed by atoms with E-state index in [0.717, 1.165) is 44.3 Å². The van der Waals surface area contributed by atoms with Crippen molar-refractivity contribution in [2.45, 2.75) is 51.2 Å². The third-order valence-electron chi connectivity index (χ3n) is 5.21. The van der Waals surface area contributed by atoms with Gasteiger partial charge >= 0.3 is 0 Å². The van der Waals surface area contributed by atoms with Gasteiger partial charge in [-0.05, 0) is 45.4 Å². The number of methoxy groups -OCH3 is 1. The quantitative estimate of drug-likeness (QED) is 0.809. The van der Waals surface area contributed by atoms with E-state index in [1.54, 1.807) is 12.1 Å². The van der Waals surface area contributed by atoms with Crippen LogP contribution in [-0.2, 0) is 6.54 Å². The van der Waals surface area contributed by atoms with Crippen molar-refractivity contribution in [2.24, 2.45) is 0 Å². The van der Waals surface area contributed by atoms with Crippen molar-refractivity contribution >= 4 is 0 Å². The first kappa shape index (κ1) is 18.9. The molecule has 0 amide bonds. The summed E-state index contributed by atoms with van der Waals surface area (Å²) >= 11 is 0. The molecule has 3 rings (SSSR count). The molecule has 0 saturated heterocycles. The standard InChI is InChI=1S/C20H27FN2O3/c1-14-18(13-23(2)11-10-20(24)8-4-5-9-20)22-19(26-14)16-7-6-15(25-3)12-17(16)21/h6-7,12,24H,4-5,8-11,13H2,1-3H3. The third kappa shape index (κ3) is 4.24. The van der Waals surface area contributed by atoms with Gasteiger partial charge in [-0.2, -0.15) is 0 Å². The molecule has 1 aliphatic rings. The molecule has 1 aromatic carbocycles. The highest BCUT2D eigenvalue weighted by Crippen LogP contribution is 2.32. The molecular formula is C20H27FN2O3. The Kier molecular flexibility index (Phi) is 5.63. The van der Waals surface area contributed by atoms with Crippen molar-refractivity contribution in [3.8, 4) is 17.2 Å². The van der Waals surface area contributed by atoms with Crippen LogP contribution in [0.3, 0.4) is 0 Å². The molecule has 0 spiro atoms. The number of aryl methyl sites for hydroxylation is 1. The molecule has 0 atom stereocenters. The van der Waals surface area contributed by atoms with Gasteiger partial charge in [0.05, 0.1) is 24.0 Å². The molecule has 142 valence electrons. The number of benzene rings is 1. The smallest absolute Gasteiger partial charge is 0.229 e. The average Bonchev–Trinajstić information content (AvgIpc) is 3.20. The van der Waals surface area contributed by atoms with Crippen LogP contribution in [0.1, 0.15) is 43.6 Å². The van der Waals surface area contributed by atoms with E-state index < -0.39 is 11.4 Å². The van der Waals surface area contributed by atoms with Crippen LogP contribution >= 0.6 is 0 Å². The lowest BCUT2D eigenvalue weighted by atomic mass is 9.98. The summed E-state index contributed by atoms with van der Waals surface area (Å²) in [5, 5.41) is 10.5. The zero-order valence-corrected chi connectivity index (χ0v) is 15.7. The SMILES string of the molecule is COc1ccc(-c2nc(CN(C)CCC3(O)CCCC3)c(C)o2)c(F)c1. The van der Waals surface area contributed by atoms with E-state index in [1.165, 1.54) is 13.2 Å². The molecule has 0 radical (unpaired) electrons. The minimum atomic E-state index is -0.509. The molecule has 0 bridgehead atoms. The largest absolute Gasteiger partial charge is 0.497 e. The van der Waals surface area contributed by atoms with E-state index in [1.807, 2.05) is 14.0 Å². The summed E-state index contributed by atoms with van der Waals surface area (Å²) < 4.78 is 25.0. The fourth-order valence-electron chi connectivity index (χ4n) is 3.50. The zero-order chi connectivity index (χ0) is 18.7. The van der Waals surface area contributed by atoms with Crippen LogP contribution in [0.5, 0.6) is 5.75 Å². The lowest BCUT2D eigenvalue weighted by Crippen LogP contribution is -2.31. The van der Waals surface area contributed by atoms with Gasteiger partial charge < -0.3 is 19.2 Å². The van der Waals surface area contributed by atoms with Gasteiger partial charge in [0, 0.05) is 19.2 Å². The minimum absolute atomic E-state index is 0.278. The van der Waals surface area contributed by atoms with Gasteiger partial charge in [-0.15, -0.1) is 0 Å². The predicted octanol–water partition coefficient (Wildman–Crippen LogP) is 3.92. The second kappa shape index (κ2) is 7.76. The number of aliphatic hydroxyl groups is 1. The van der Waals surface area contributed by atoms with Crippen LogP contribution in [-0.4, -0.2) is 41.3 Å². The van der Waals surface area contributed by atoms with Gasteiger partial charge in [-0.3, -0.25) is 0 Å². The molecule has 1 fully saturated rings. The maximum atomic E-state index is 14.2. The molecule has 2 aromatic rings. The highest BCUT2D eigenvalue weighted by Gasteiger charge is 2.30. The van der Waals surface area contributed by atoms with Crippen LogP contribution in [0.4, 0.5) is 4.39 Å². The number of ether oxygens (including phenoxy) is 1. The van der Waals surface area contributed by atoms with Gasteiger partial charge in [0.1, 0.15) is 17.3 Å². The summed E-state index contributed by atoms with van der Waals surface area (Å²) in [4.78, 5) is 6.60. The van der Waals surface area contributed by atoms with Crippen molar-refractivity contribution in [3.63, 3.8) is 0 Å². The van der Waals surface area contributed by atoms with Crippen LogP contribution < -0.4 is 4.74 Å². The third-order valence-corrected chi connectivity index (χ3v) is 5.21. The summed E-state index contributed by atoms with van der Waals surface area (Å²) in [5.74, 6) is 0.996. The van der Waals surface area contributed by atoms with Crippen molar-refractivity contribution in [3.05, 3.63) is 35.5 Å². The Morgan fingerprint density at radius 3 is 2.73 bits per heavy atom. The Bertz CT molecular complexity index is 754. The number of hydrogen-bond donors (Lipinski definition) is 1. The van der Waals surface area contributed by atoms with Crippen LogP contribution in [0.2, 0.25) is 0 Å². The molecule has 6 heteroatoms. The molecule has 0 aliphatic heterocycles. The number of nitrogens with zero attached hydrogens (tertiary/aromatic N) is 2. The topological polar surface area (TPSA) is 58.7 Å². The predicted molar refractivity (Wildman–Crippen MR) is 97.6 cm³/mol. The van der Waals surface area contributed by atoms with Crippen LogP contribution in [0.25, 0.3) is 11.5 Å². The maximum Gasteiger partial charge on any atom is 0.229 e. The van der Waals surface area contributed by atoms with Crippen molar-refractivity contribution in [1.82, 2.24) is 9.88 Å². The van der Waals surface area contributed by atoms with E-state index in [9.17, 15) is 9.50 Å². The Morgan fingerprint density at radius 1 is 1.35 bits per heavy atom. The summed E-state index contributed by atoms with van der Waals surface area (Å²) in [5.41, 5.74) is 0.601. The number of rotatable bonds is 7. The molecule has 1 saturated carbocycles. The Hall–Kier alpha value is -1.92. The maximum absolute atomic E-state index is 14.2. The number of halogens is 1. The van der Waals surface area contributed by atoms with Gasteiger partial charge in [0.15, 0.2) is 0 Å². The molecule has 1 aliphatic carbocycles. The van der Waals surface area contributed by atoms with E-state index in [-0.39, 0.29) is 5.89 Å². The van der Waals surface area contributed by atoms with Gasteiger partial charge in [-0.25, -0.2) is 9.37 Å². The number of aromatic nitrogens is 1. The van der Waals surface area contributed by atoms with E-state index in [4.69, 9.17) is 9.15 Å². The molecule has 1 heterocycles. The number of oxazole rings is 1. The van der Waals surface area contributed by atoms with Gasteiger partial charge in [0.2, 0.25) is 5.89 Å². The second-order valence-electron chi connectivity index (χ2n) is 7.29. The van der Waals surface area contributed by atoms with Crippen LogP contribution in [0.15, 0.2) is 22.6 Å². The molecule has 26 heavy (non-hydrogen) atoms. The summed E-state index contributed by atoms with van der Waals surface area (Å²) in [6, 6.07) is 4.62. The van der Waals surface area contributed by atoms with Crippen molar-refractivity contribution in [2.75, 3.05) is 20.7 Å². The fraction of sp³-hybridized carbons (Fsp3) is 0.550. The van der Waals surface area contributed by atoms with Crippen LogP contribution in [0, 0.1) is 12.7 Å². The van der Waals surface area contributed by atoms with Crippen molar-refractivity contribution in [1.29, 1.82) is 0 Å². The minimum Gasteiger partial charge on any atom is -0.497 e. The summed E-state index contributed by atoms with van der Waals surface area (Å²) in [7, 11) is 3.50. The Morgan fingerprint density at radius 2 is 2.08 bits per heavy atom. The Balaban J connectivity index is 1.66. The lowest BCUT2D eigenvalue weighted by molar-refractivity contribution is 0.0296. The zero-order valence-electron chi connectivity index (χ0n) is 15.7. The molecule has 1 aromatic heterocycles. The highest BCUT2D eigenvalue weighted by molar-refractivity contribution is 5.56. The molecule has 5 nitrogen and oxygen atoms in total. The average molecular weight is 362 g/mol. The molecule has 0 unspecified atom stereocenters. The molecular weight excluding hydrogens is 335 g/mol. The van der Waals surface area contributed by atoms with Crippen molar-refractivity contribution < 1.29 is 18.7 Å². The summed E-state index contributed by atoms with van der Waals surface area (Å²) in [6.45, 7) is 3.23. The second-order valence-corrected chi connectivity index (χ2v) is 7.29. The molecule has 1 N–H and O–H groups in total. The number of hydrogen-bond acceptors (Lipinski definition) is 5. The first-order valence-corrected chi connectivity index (χ1v) is 9.11. The lowest BCUT2D eigenvalue weighted by Gasteiger charge is -2.25. The van der Waals surface area contributed by atoms with E-state index in [0.29, 0.717) is 23.6 Å². The van der Waals surface area contributed by atoms with E-state index >= 15 is 0 Å².